The van der Waals surface area contributed by atoms with E-state index in [0.29, 0.717) is 6.42 Å². The molecule has 0 unspecified atom stereocenters. The Hall–Kier alpha value is -0.830. The van der Waals surface area contributed by atoms with E-state index in [1.807, 2.05) is 6.92 Å². The monoisotopic (exact) mass is 143 g/mol. The highest BCUT2D eigenvalue weighted by Crippen LogP contribution is 2.01. The number of aliphatic hydroxyl groups excluding tert-OH is 1. The van der Waals surface area contributed by atoms with Crippen LogP contribution in [0, 0.1) is 0 Å². The molecule has 0 radical (unpaired) electrons. The highest BCUT2D eigenvalue weighted by molar-refractivity contribution is 5.86. The molecule has 3 N–H and O–H groups in total. The van der Waals surface area contributed by atoms with Crippen molar-refractivity contribution in [1.82, 2.24) is 0 Å². The van der Waals surface area contributed by atoms with Gasteiger partial charge in [0.1, 0.15) is 0 Å². The first-order valence-corrected chi connectivity index (χ1v) is 3.24. The Balaban J connectivity index is 3.60. The highest BCUT2D eigenvalue weighted by atomic mass is 16.2. The van der Waals surface area contributed by atoms with Crippen LogP contribution < -0.4 is 5.73 Å². The molecule has 0 aromatic carbocycles. The zero-order valence-corrected chi connectivity index (χ0v) is 6.13. The molecule has 0 spiro atoms. The first kappa shape index (κ1) is 9.17. The Bertz CT molecular complexity index is 141. The lowest BCUT2D eigenvalue weighted by Crippen LogP contribution is -2.06. The van der Waals surface area contributed by atoms with Gasteiger partial charge in [0.2, 0.25) is 5.91 Å². The van der Waals surface area contributed by atoms with Gasteiger partial charge in [-0.3, -0.25) is 4.79 Å². The molecule has 1 amide bonds. The third-order valence-electron chi connectivity index (χ3n) is 1.12. The van der Waals surface area contributed by atoms with Crippen LogP contribution in [0.25, 0.3) is 0 Å². The van der Waals surface area contributed by atoms with Gasteiger partial charge in [-0.2, -0.15) is 0 Å². The van der Waals surface area contributed by atoms with Crippen molar-refractivity contribution in [2.45, 2.75) is 19.8 Å². The zero-order valence-electron chi connectivity index (χ0n) is 6.13. The number of hydrogen-bond donors (Lipinski definition) is 2. The highest BCUT2D eigenvalue weighted by Gasteiger charge is 1.91. The van der Waals surface area contributed by atoms with E-state index in [9.17, 15) is 4.79 Å². The maximum Gasteiger partial charge on any atom is 0.241 e. The summed E-state index contributed by atoms with van der Waals surface area (Å²) in [5, 5.41) is 8.41. The van der Waals surface area contributed by atoms with Crippen molar-refractivity contribution >= 4 is 5.91 Å². The first-order valence-electron chi connectivity index (χ1n) is 3.24. The van der Waals surface area contributed by atoms with Crippen molar-refractivity contribution in [2.24, 2.45) is 5.73 Å². The second kappa shape index (κ2) is 4.99. The molecule has 3 nitrogen and oxygen atoms in total. The van der Waals surface area contributed by atoms with Crippen molar-refractivity contribution in [3.8, 4) is 0 Å². The van der Waals surface area contributed by atoms with Crippen molar-refractivity contribution in [2.75, 3.05) is 6.61 Å². The summed E-state index contributed by atoms with van der Waals surface area (Å²) >= 11 is 0. The van der Waals surface area contributed by atoms with Gasteiger partial charge < -0.3 is 10.8 Å². The summed E-state index contributed by atoms with van der Waals surface area (Å²) in [5.74, 6) is -0.421. The third-order valence-corrected chi connectivity index (χ3v) is 1.12. The molecule has 0 aliphatic rings. The van der Waals surface area contributed by atoms with Crippen LogP contribution in [0.4, 0.5) is 0 Å². The molecule has 0 aromatic rings. The molecule has 0 bridgehead atoms. The molecule has 3 heteroatoms. The number of carbonyl (C=O) groups is 1. The molecule has 0 atom stereocenters. The fraction of sp³-hybridized carbons (Fsp3) is 0.571. The van der Waals surface area contributed by atoms with Crippen LogP contribution in [0.3, 0.4) is 0 Å². The van der Waals surface area contributed by atoms with E-state index < -0.39 is 5.91 Å². The molecule has 0 saturated carbocycles. The molecule has 0 aliphatic heterocycles. The molecule has 0 aliphatic carbocycles. The fourth-order valence-corrected chi connectivity index (χ4v) is 0.673. The summed E-state index contributed by atoms with van der Waals surface area (Å²) in [4.78, 5) is 10.3. The van der Waals surface area contributed by atoms with Crippen LogP contribution >= 0.6 is 0 Å². The van der Waals surface area contributed by atoms with Crippen LogP contribution in [-0.4, -0.2) is 17.6 Å². The Morgan fingerprint density at radius 1 is 1.70 bits per heavy atom. The van der Waals surface area contributed by atoms with Gasteiger partial charge in [0.25, 0.3) is 0 Å². The van der Waals surface area contributed by atoms with E-state index in [-0.39, 0.29) is 6.61 Å². The molecule has 0 rings (SSSR count). The minimum atomic E-state index is -0.421. The van der Waals surface area contributed by atoms with E-state index in [4.69, 9.17) is 10.8 Å². The SMILES string of the molecule is CC(=CC(N)=O)CCCO. The van der Waals surface area contributed by atoms with Crippen molar-refractivity contribution in [3.63, 3.8) is 0 Å². The van der Waals surface area contributed by atoms with Crippen molar-refractivity contribution < 1.29 is 9.90 Å². The topological polar surface area (TPSA) is 63.3 Å². The average Bonchev–Trinajstić information content (AvgIpc) is 1.82. The predicted octanol–water partition coefficient (Wildman–Crippen LogP) is 0.191. The van der Waals surface area contributed by atoms with Gasteiger partial charge >= 0.3 is 0 Å². The Labute approximate surface area is 60.5 Å². The molecule has 10 heavy (non-hydrogen) atoms. The van der Waals surface area contributed by atoms with Gasteiger partial charge in [-0.1, -0.05) is 5.57 Å². The van der Waals surface area contributed by atoms with Gasteiger partial charge in [-0.05, 0) is 19.8 Å². The molecule has 0 saturated heterocycles. The van der Waals surface area contributed by atoms with Crippen LogP contribution in [0.1, 0.15) is 19.8 Å². The van der Waals surface area contributed by atoms with Gasteiger partial charge in [-0.15, -0.1) is 0 Å². The Morgan fingerprint density at radius 2 is 2.30 bits per heavy atom. The van der Waals surface area contributed by atoms with Crippen molar-refractivity contribution in [1.29, 1.82) is 0 Å². The third kappa shape index (κ3) is 5.31. The second-order valence-electron chi connectivity index (χ2n) is 2.22. The second-order valence-corrected chi connectivity index (χ2v) is 2.22. The van der Waals surface area contributed by atoms with Gasteiger partial charge in [0, 0.05) is 12.7 Å². The summed E-state index contributed by atoms with van der Waals surface area (Å²) in [6.07, 6.45) is 2.81. The number of nitrogens with two attached hydrogens (primary N) is 1. The lowest BCUT2D eigenvalue weighted by Gasteiger charge is -1.95. The first-order chi connectivity index (χ1) is 4.66. The standard InChI is InChI=1S/C7H13NO2/c1-6(3-2-4-9)5-7(8)10/h5,9H,2-4H2,1H3,(H2,8,10). The van der Waals surface area contributed by atoms with Crippen molar-refractivity contribution in [3.05, 3.63) is 11.6 Å². The van der Waals surface area contributed by atoms with Crippen LogP contribution in [0.2, 0.25) is 0 Å². The smallest absolute Gasteiger partial charge is 0.241 e. The van der Waals surface area contributed by atoms with Crippen LogP contribution in [0.5, 0.6) is 0 Å². The summed E-state index contributed by atoms with van der Waals surface area (Å²) in [6.45, 7) is 1.98. The quantitative estimate of drug-likeness (QED) is 0.552. The molecule has 0 fully saturated rings. The lowest BCUT2D eigenvalue weighted by molar-refractivity contribution is -0.113. The number of hydrogen-bond acceptors (Lipinski definition) is 2. The van der Waals surface area contributed by atoms with E-state index in [0.717, 1.165) is 12.0 Å². The maximum atomic E-state index is 10.3. The van der Waals surface area contributed by atoms with Gasteiger partial charge in [-0.25, -0.2) is 0 Å². The molecule has 0 aromatic heterocycles. The van der Waals surface area contributed by atoms with Gasteiger partial charge in [0.05, 0.1) is 0 Å². The predicted molar refractivity (Wildman–Crippen MR) is 39.3 cm³/mol. The van der Waals surface area contributed by atoms with Crippen LogP contribution in [0.15, 0.2) is 11.6 Å². The Morgan fingerprint density at radius 3 is 2.70 bits per heavy atom. The molecular weight excluding hydrogens is 130 g/mol. The normalized spacial score (nSPS) is 11.6. The number of aliphatic hydroxyl groups is 1. The Kier molecular flexibility index (Phi) is 4.58. The zero-order chi connectivity index (χ0) is 7.98. The summed E-state index contributed by atoms with van der Waals surface area (Å²) in [7, 11) is 0. The number of allylic oxidation sites excluding steroid dienone is 1. The van der Waals surface area contributed by atoms with E-state index in [2.05, 4.69) is 0 Å². The van der Waals surface area contributed by atoms with E-state index in [1.54, 1.807) is 0 Å². The van der Waals surface area contributed by atoms with Gasteiger partial charge in [0.15, 0.2) is 0 Å². The van der Waals surface area contributed by atoms with E-state index in [1.165, 1.54) is 6.08 Å². The van der Waals surface area contributed by atoms with Crippen LogP contribution in [-0.2, 0) is 4.79 Å². The summed E-state index contributed by atoms with van der Waals surface area (Å²) < 4.78 is 0. The summed E-state index contributed by atoms with van der Waals surface area (Å²) in [5.41, 5.74) is 5.81. The maximum absolute atomic E-state index is 10.3. The molecule has 0 heterocycles. The summed E-state index contributed by atoms with van der Waals surface area (Å²) in [6, 6.07) is 0. The lowest BCUT2D eigenvalue weighted by atomic mass is 10.1. The van der Waals surface area contributed by atoms with E-state index >= 15 is 0 Å². The molecule has 58 valence electrons. The number of primary amides is 1. The number of amides is 1. The number of carbonyl (C=O) groups excluding carboxylic acids is 1. The number of rotatable bonds is 4. The minimum Gasteiger partial charge on any atom is -0.396 e. The minimum absolute atomic E-state index is 0.157. The average molecular weight is 143 g/mol. The largest absolute Gasteiger partial charge is 0.396 e. The molecular formula is C7H13NO2. The fourth-order valence-electron chi connectivity index (χ4n) is 0.673.